The normalized spacial score (nSPS) is 26.0. The lowest BCUT2D eigenvalue weighted by molar-refractivity contribution is 0.620. The Kier molecular flexibility index (Phi) is 2.61. The maximum atomic E-state index is 6.00. The van der Waals surface area contributed by atoms with E-state index in [-0.39, 0.29) is 6.04 Å². The number of anilines is 1. The molecule has 2 atom stereocenters. The molecule has 1 fully saturated rings. The van der Waals surface area contributed by atoms with Gasteiger partial charge in [-0.05, 0) is 27.2 Å². The zero-order valence-corrected chi connectivity index (χ0v) is 9.57. The average Bonchev–Trinajstić information content (AvgIpc) is 2.46. The maximum Gasteiger partial charge on any atom is 0.132 e. The number of nitrogens with zero attached hydrogens (tertiary/aromatic N) is 3. The van der Waals surface area contributed by atoms with Crippen LogP contribution in [0.25, 0.3) is 0 Å². The summed E-state index contributed by atoms with van der Waals surface area (Å²) in [6.45, 7) is 7.08. The Labute approximate surface area is 90.5 Å². The van der Waals surface area contributed by atoms with Crippen LogP contribution >= 0.6 is 0 Å². The fraction of sp³-hybridized carbons (Fsp3) is 0.636. The average molecular weight is 206 g/mol. The predicted octanol–water partition coefficient (Wildman–Crippen LogP) is 1.02. The van der Waals surface area contributed by atoms with Gasteiger partial charge in [0, 0.05) is 30.4 Å². The SMILES string of the molecule is Cc1cc(N2CCC(N)C2C)nc(C)n1. The third-order valence-corrected chi connectivity index (χ3v) is 3.06. The van der Waals surface area contributed by atoms with Gasteiger partial charge in [0.1, 0.15) is 11.6 Å². The fourth-order valence-corrected chi connectivity index (χ4v) is 2.13. The smallest absolute Gasteiger partial charge is 0.132 e. The zero-order chi connectivity index (χ0) is 11.0. The Bertz CT molecular complexity index is 343. The molecule has 4 heteroatoms. The van der Waals surface area contributed by atoms with Gasteiger partial charge < -0.3 is 10.6 Å². The summed E-state index contributed by atoms with van der Waals surface area (Å²) < 4.78 is 0. The Morgan fingerprint density at radius 1 is 1.40 bits per heavy atom. The van der Waals surface area contributed by atoms with Crippen LogP contribution in [0.15, 0.2) is 6.07 Å². The van der Waals surface area contributed by atoms with Crippen molar-refractivity contribution in [1.29, 1.82) is 0 Å². The van der Waals surface area contributed by atoms with Crippen molar-refractivity contribution < 1.29 is 0 Å². The number of hydrogen-bond donors (Lipinski definition) is 1. The van der Waals surface area contributed by atoms with Crippen molar-refractivity contribution >= 4 is 5.82 Å². The van der Waals surface area contributed by atoms with Gasteiger partial charge in [0.2, 0.25) is 0 Å². The first-order valence-electron chi connectivity index (χ1n) is 5.42. The van der Waals surface area contributed by atoms with Crippen molar-refractivity contribution in [2.75, 3.05) is 11.4 Å². The van der Waals surface area contributed by atoms with Crippen LogP contribution in [-0.4, -0.2) is 28.6 Å². The monoisotopic (exact) mass is 206 g/mol. The highest BCUT2D eigenvalue weighted by molar-refractivity contribution is 5.42. The van der Waals surface area contributed by atoms with E-state index in [1.165, 1.54) is 0 Å². The number of hydrogen-bond acceptors (Lipinski definition) is 4. The highest BCUT2D eigenvalue weighted by Crippen LogP contribution is 2.23. The van der Waals surface area contributed by atoms with Crippen molar-refractivity contribution in [2.24, 2.45) is 5.73 Å². The highest BCUT2D eigenvalue weighted by atomic mass is 15.3. The fourth-order valence-electron chi connectivity index (χ4n) is 2.13. The standard InChI is InChI=1S/C11H18N4/c1-7-6-11(14-9(3)13-7)15-5-4-10(12)8(15)2/h6,8,10H,4-5,12H2,1-3H3. The number of nitrogens with two attached hydrogens (primary N) is 1. The van der Waals surface area contributed by atoms with E-state index >= 15 is 0 Å². The molecule has 1 aliphatic rings. The van der Waals surface area contributed by atoms with Gasteiger partial charge in [-0.1, -0.05) is 0 Å². The van der Waals surface area contributed by atoms with E-state index < -0.39 is 0 Å². The second kappa shape index (κ2) is 3.77. The minimum Gasteiger partial charge on any atom is -0.352 e. The minimum absolute atomic E-state index is 0.264. The highest BCUT2D eigenvalue weighted by Gasteiger charge is 2.28. The largest absolute Gasteiger partial charge is 0.352 e. The number of rotatable bonds is 1. The van der Waals surface area contributed by atoms with Gasteiger partial charge in [-0.15, -0.1) is 0 Å². The van der Waals surface area contributed by atoms with Gasteiger partial charge in [0.15, 0.2) is 0 Å². The molecule has 0 saturated carbocycles. The molecular formula is C11H18N4. The molecule has 0 aliphatic carbocycles. The molecule has 2 rings (SSSR count). The zero-order valence-electron chi connectivity index (χ0n) is 9.57. The van der Waals surface area contributed by atoms with Crippen LogP contribution in [0.2, 0.25) is 0 Å². The van der Waals surface area contributed by atoms with Gasteiger partial charge in [-0.2, -0.15) is 0 Å². The van der Waals surface area contributed by atoms with Gasteiger partial charge in [-0.25, -0.2) is 9.97 Å². The third-order valence-electron chi connectivity index (χ3n) is 3.06. The van der Waals surface area contributed by atoms with Crippen molar-refractivity contribution in [3.8, 4) is 0 Å². The Morgan fingerprint density at radius 2 is 2.13 bits per heavy atom. The van der Waals surface area contributed by atoms with Crippen LogP contribution in [0, 0.1) is 13.8 Å². The summed E-state index contributed by atoms with van der Waals surface area (Å²) in [7, 11) is 0. The lowest BCUT2D eigenvalue weighted by Crippen LogP contribution is -2.37. The summed E-state index contributed by atoms with van der Waals surface area (Å²) in [5.41, 5.74) is 7.02. The molecule has 1 saturated heterocycles. The Morgan fingerprint density at radius 3 is 2.67 bits per heavy atom. The van der Waals surface area contributed by atoms with E-state index in [0.717, 1.165) is 30.3 Å². The Hall–Kier alpha value is -1.16. The summed E-state index contributed by atoms with van der Waals surface area (Å²) >= 11 is 0. The van der Waals surface area contributed by atoms with Gasteiger partial charge in [-0.3, -0.25) is 0 Å². The molecule has 0 spiro atoms. The van der Waals surface area contributed by atoms with E-state index in [1.807, 2.05) is 19.9 Å². The van der Waals surface area contributed by atoms with E-state index in [0.29, 0.717) is 6.04 Å². The van der Waals surface area contributed by atoms with Crippen LogP contribution in [0.5, 0.6) is 0 Å². The van der Waals surface area contributed by atoms with Crippen molar-refractivity contribution in [2.45, 2.75) is 39.3 Å². The number of aryl methyl sites for hydroxylation is 2. The molecule has 0 aromatic carbocycles. The topological polar surface area (TPSA) is 55.0 Å². The van der Waals surface area contributed by atoms with Gasteiger partial charge in [0.05, 0.1) is 0 Å². The second-order valence-corrected chi connectivity index (χ2v) is 4.30. The van der Waals surface area contributed by atoms with Crippen molar-refractivity contribution in [1.82, 2.24) is 9.97 Å². The van der Waals surface area contributed by atoms with E-state index in [9.17, 15) is 0 Å². The molecule has 0 amide bonds. The van der Waals surface area contributed by atoms with Crippen molar-refractivity contribution in [3.05, 3.63) is 17.6 Å². The van der Waals surface area contributed by atoms with Crippen LogP contribution in [0.4, 0.5) is 5.82 Å². The first-order valence-corrected chi connectivity index (χ1v) is 5.42. The first kappa shape index (κ1) is 10.4. The van der Waals surface area contributed by atoms with Crippen LogP contribution < -0.4 is 10.6 Å². The van der Waals surface area contributed by atoms with Crippen LogP contribution in [-0.2, 0) is 0 Å². The van der Waals surface area contributed by atoms with E-state index in [4.69, 9.17) is 5.73 Å². The molecule has 2 N–H and O–H groups in total. The number of aromatic nitrogens is 2. The maximum absolute atomic E-state index is 6.00. The predicted molar refractivity (Wildman–Crippen MR) is 60.9 cm³/mol. The van der Waals surface area contributed by atoms with Crippen molar-refractivity contribution in [3.63, 3.8) is 0 Å². The quantitative estimate of drug-likeness (QED) is 0.745. The van der Waals surface area contributed by atoms with Gasteiger partial charge >= 0.3 is 0 Å². The first-order chi connectivity index (χ1) is 7.08. The summed E-state index contributed by atoms with van der Waals surface area (Å²) in [6.07, 6.45) is 1.04. The lowest BCUT2D eigenvalue weighted by atomic mass is 10.2. The summed E-state index contributed by atoms with van der Waals surface area (Å²) in [5, 5.41) is 0. The summed E-state index contributed by atoms with van der Waals surface area (Å²) in [6, 6.07) is 2.67. The summed E-state index contributed by atoms with van der Waals surface area (Å²) in [4.78, 5) is 11.0. The van der Waals surface area contributed by atoms with Gasteiger partial charge in [0.25, 0.3) is 0 Å². The molecule has 1 aromatic rings. The second-order valence-electron chi connectivity index (χ2n) is 4.30. The molecule has 2 unspecified atom stereocenters. The molecule has 2 heterocycles. The molecule has 1 aromatic heterocycles. The molecule has 82 valence electrons. The molecule has 4 nitrogen and oxygen atoms in total. The van der Waals surface area contributed by atoms with E-state index in [1.54, 1.807) is 0 Å². The summed E-state index contributed by atoms with van der Waals surface area (Å²) in [5.74, 6) is 1.85. The molecule has 0 radical (unpaired) electrons. The third kappa shape index (κ3) is 1.95. The molecule has 1 aliphatic heterocycles. The molecule has 15 heavy (non-hydrogen) atoms. The lowest BCUT2D eigenvalue weighted by Gasteiger charge is -2.24. The molecular weight excluding hydrogens is 188 g/mol. The molecule has 0 bridgehead atoms. The minimum atomic E-state index is 0.264. The van der Waals surface area contributed by atoms with Crippen LogP contribution in [0.1, 0.15) is 24.9 Å². The Balaban J connectivity index is 2.30. The van der Waals surface area contributed by atoms with E-state index in [2.05, 4.69) is 21.8 Å². The van der Waals surface area contributed by atoms with Crippen LogP contribution in [0.3, 0.4) is 0 Å².